The molecule has 0 saturated carbocycles. The number of hydrogen-bond acceptors (Lipinski definition) is 2. The van der Waals surface area contributed by atoms with E-state index in [1.165, 1.54) is 0 Å². The molecular weight excluding hydrogens is 411 g/mol. The summed E-state index contributed by atoms with van der Waals surface area (Å²) in [5, 5.41) is 0.587. The maximum atomic E-state index is 13.9. The molecule has 0 amide bonds. The molecule has 0 aliphatic carbocycles. The molecule has 0 saturated heterocycles. The highest BCUT2D eigenvalue weighted by atomic mass is 35.5. The van der Waals surface area contributed by atoms with Crippen molar-refractivity contribution in [3.05, 3.63) is 76.4 Å². The van der Waals surface area contributed by atoms with E-state index in [0.717, 1.165) is 29.5 Å². The van der Waals surface area contributed by atoms with Crippen LogP contribution in [0.5, 0.6) is 0 Å². The summed E-state index contributed by atoms with van der Waals surface area (Å²) in [4.78, 5) is 6.03. The van der Waals surface area contributed by atoms with Gasteiger partial charge in [-0.2, -0.15) is 13.2 Å². The quantitative estimate of drug-likeness (QED) is 0.476. The fourth-order valence-electron chi connectivity index (χ4n) is 4.41. The predicted molar refractivity (Wildman–Crippen MR) is 115 cm³/mol. The highest BCUT2D eigenvalue weighted by molar-refractivity contribution is 6.31. The topological polar surface area (TPSA) is 21.1 Å². The summed E-state index contributed by atoms with van der Waals surface area (Å²) in [5.74, 6) is 0.198. The molecule has 30 heavy (non-hydrogen) atoms. The molecule has 3 rings (SSSR count). The van der Waals surface area contributed by atoms with Crippen LogP contribution in [0.2, 0.25) is 5.02 Å². The minimum atomic E-state index is -4.52. The molecule has 1 aromatic carbocycles. The molecule has 0 fully saturated rings. The van der Waals surface area contributed by atoms with Crippen LogP contribution in [-0.4, -0.2) is 27.5 Å². The zero-order valence-corrected chi connectivity index (χ0v) is 18.2. The first kappa shape index (κ1) is 22.6. The van der Waals surface area contributed by atoms with Gasteiger partial charge in [0, 0.05) is 37.1 Å². The van der Waals surface area contributed by atoms with Gasteiger partial charge in [0.25, 0.3) is 0 Å². The number of hydrogen-bond donors (Lipinski definition) is 0. The normalized spacial score (nSPS) is 16.6. The monoisotopic (exact) mass is 437 g/mol. The second kappa shape index (κ2) is 8.98. The molecule has 7 heteroatoms. The van der Waals surface area contributed by atoms with Crippen LogP contribution < -0.4 is 0 Å². The van der Waals surface area contributed by atoms with Crippen LogP contribution in [0.15, 0.2) is 37.4 Å². The van der Waals surface area contributed by atoms with E-state index in [0.29, 0.717) is 30.5 Å². The SMILES string of the molecule is C=CCN(CC=C)Cc1c(C(F)(F)F)nc2n1CCCC2c1c(C)cc(C)cc1Cl. The lowest BCUT2D eigenvalue weighted by Gasteiger charge is -2.28. The number of benzene rings is 1. The molecule has 1 atom stereocenters. The molecule has 1 aromatic heterocycles. The minimum Gasteiger partial charge on any atom is -0.330 e. The molecule has 162 valence electrons. The van der Waals surface area contributed by atoms with Gasteiger partial charge in [-0.25, -0.2) is 4.98 Å². The maximum Gasteiger partial charge on any atom is 0.435 e. The zero-order chi connectivity index (χ0) is 22.1. The summed E-state index contributed by atoms with van der Waals surface area (Å²) >= 11 is 6.55. The van der Waals surface area contributed by atoms with E-state index < -0.39 is 11.9 Å². The molecule has 3 nitrogen and oxygen atoms in total. The third-order valence-corrected chi connectivity index (χ3v) is 5.85. The first-order valence-electron chi connectivity index (χ1n) is 10.0. The number of nitrogens with zero attached hydrogens (tertiary/aromatic N) is 3. The van der Waals surface area contributed by atoms with Gasteiger partial charge in [0.05, 0.1) is 5.69 Å². The van der Waals surface area contributed by atoms with Crippen LogP contribution in [0.1, 0.15) is 52.7 Å². The number of halogens is 4. The van der Waals surface area contributed by atoms with Crippen LogP contribution >= 0.6 is 11.6 Å². The fraction of sp³-hybridized carbons (Fsp3) is 0.435. The maximum absolute atomic E-state index is 13.9. The molecular formula is C23H27ClF3N3. The van der Waals surface area contributed by atoms with E-state index in [9.17, 15) is 13.2 Å². The highest BCUT2D eigenvalue weighted by Gasteiger charge is 2.41. The Balaban J connectivity index is 2.14. The fourth-order valence-corrected chi connectivity index (χ4v) is 4.87. The standard InChI is InChI=1S/C23H27ClF3N3/c1-5-9-29(10-6-2)14-19-21(23(25,26)27)28-22-17(8-7-11-30(19)22)20-16(4)12-15(3)13-18(20)24/h5-6,12-13,17H,1-2,7-11,14H2,3-4H3. The average Bonchev–Trinajstić information content (AvgIpc) is 3.01. The summed E-state index contributed by atoms with van der Waals surface area (Å²) < 4.78 is 43.6. The first-order chi connectivity index (χ1) is 14.2. The Morgan fingerprint density at radius 1 is 1.23 bits per heavy atom. The second-order valence-corrected chi connectivity index (χ2v) is 8.27. The van der Waals surface area contributed by atoms with Crippen molar-refractivity contribution in [1.29, 1.82) is 0 Å². The predicted octanol–water partition coefficient (Wildman–Crippen LogP) is 6.27. The average molecular weight is 438 g/mol. The van der Waals surface area contributed by atoms with Crippen molar-refractivity contribution in [2.24, 2.45) is 0 Å². The summed E-state index contributed by atoms with van der Waals surface area (Å²) in [5.41, 5.74) is 2.29. The van der Waals surface area contributed by atoms with Gasteiger partial charge in [-0.1, -0.05) is 29.8 Å². The summed E-state index contributed by atoms with van der Waals surface area (Å²) in [6.45, 7) is 12.9. The van der Waals surface area contributed by atoms with Crippen molar-refractivity contribution < 1.29 is 13.2 Å². The summed E-state index contributed by atoms with van der Waals surface area (Å²) in [6.07, 6.45) is 0.334. The lowest BCUT2D eigenvalue weighted by Crippen LogP contribution is -2.28. The van der Waals surface area contributed by atoms with Gasteiger partial charge >= 0.3 is 6.18 Å². The van der Waals surface area contributed by atoms with Gasteiger partial charge in [0.2, 0.25) is 0 Å². The lowest BCUT2D eigenvalue weighted by molar-refractivity contribution is -0.141. The van der Waals surface area contributed by atoms with Crippen LogP contribution in [0.3, 0.4) is 0 Å². The molecule has 0 spiro atoms. The second-order valence-electron chi connectivity index (χ2n) is 7.86. The summed E-state index contributed by atoms with van der Waals surface area (Å²) in [6, 6.07) is 3.89. The van der Waals surface area contributed by atoms with E-state index in [1.54, 1.807) is 16.7 Å². The van der Waals surface area contributed by atoms with Crippen LogP contribution in [0.25, 0.3) is 0 Å². The van der Waals surface area contributed by atoms with Crippen LogP contribution in [0, 0.1) is 13.8 Å². The van der Waals surface area contributed by atoms with E-state index in [1.807, 2.05) is 30.9 Å². The Bertz CT molecular complexity index is 913. The van der Waals surface area contributed by atoms with Gasteiger partial charge in [0.15, 0.2) is 5.69 Å². The summed E-state index contributed by atoms with van der Waals surface area (Å²) in [7, 11) is 0. The van der Waals surface area contributed by atoms with Gasteiger partial charge < -0.3 is 4.57 Å². The van der Waals surface area contributed by atoms with Gasteiger partial charge in [-0.15, -0.1) is 13.2 Å². The number of alkyl halides is 3. The molecule has 0 bridgehead atoms. The molecule has 1 aliphatic rings. The van der Waals surface area contributed by atoms with Crippen molar-refractivity contribution >= 4 is 11.6 Å². The lowest BCUT2D eigenvalue weighted by atomic mass is 9.87. The highest BCUT2D eigenvalue weighted by Crippen LogP contribution is 2.42. The van der Waals surface area contributed by atoms with Gasteiger partial charge in [-0.05, 0) is 49.4 Å². The smallest absolute Gasteiger partial charge is 0.330 e. The van der Waals surface area contributed by atoms with Crippen molar-refractivity contribution in [1.82, 2.24) is 14.5 Å². The zero-order valence-electron chi connectivity index (χ0n) is 17.4. The number of imidazole rings is 1. The van der Waals surface area contributed by atoms with Gasteiger partial charge in [0.1, 0.15) is 5.82 Å². The third-order valence-electron chi connectivity index (χ3n) is 5.53. The largest absolute Gasteiger partial charge is 0.435 e. The Morgan fingerprint density at radius 3 is 2.47 bits per heavy atom. The van der Waals surface area contributed by atoms with E-state index in [-0.39, 0.29) is 18.2 Å². The molecule has 1 aliphatic heterocycles. The Kier molecular flexibility index (Phi) is 6.78. The van der Waals surface area contributed by atoms with Crippen molar-refractivity contribution in [2.75, 3.05) is 13.1 Å². The van der Waals surface area contributed by atoms with Crippen molar-refractivity contribution in [2.45, 2.75) is 51.9 Å². The van der Waals surface area contributed by atoms with E-state index >= 15 is 0 Å². The van der Waals surface area contributed by atoms with Crippen LogP contribution in [-0.2, 0) is 19.3 Å². The Morgan fingerprint density at radius 2 is 1.90 bits per heavy atom. The third kappa shape index (κ3) is 4.49. The van der Waals surface area contributed by atoms with E-state index in [2.05, 4.69) is 18.1 Å². The van der Waals surface area contributed by atoms with Crippen LogP contribution in [0.4, 0.5) is 13.2 Å². The first-order valence-corrected chi connectivity index (χ1v) is 10.4. The van der Waals surface area contributed by atoms with Crippen molar-refractivity contribution in [3.63, 3.8) is 0 Å². The molecule has 0 radical (unpaired) electrons. The Labute approximate surface area is 180 Å². The molecule has 2 aromatic rings. The number of rotatable bonds is 7. The van der Waals surface area contributed by atoms with E-state index in [4.69, 9.17) is 11.6 Å². The molecule has 1 unspecified atom stereocenters. The van der Waals surface area contributed by atoms with Crippen molar-refractivity contribution in [3.8, 4) is 0 Å². The Hall–Kier alpha value is -2.05. The van der Waals surface area contributed by atoms with Gasteiger partial charge in [-0.3, -0.25) is 4.90 Å². The number of aromatic nitrogens is 2. The number of aryl methyl sites for hydroxylation is 2. The minimum absolute atomic E-state index is 0.132. The molecule has 0 N–H and O–H groups in total. The molecule has 2 heterocycles. The number of fused-ring (bicyclic) bond motifs is 1.